The summed E-state index contributed by atoms with van der Waals surface area (Å²) in [6.45, 7) is 0.241. The summed E-state index contributed by atoms with van der Waals surface area (Å²) in [5.41, 5.74) is 0.609. The van der Waals surface area contributed by atoms with E-state index in [0.717, 1.165) is 12.8 Å². The first-order chi connectivity index (χ1) is 9.11. The number of methoxy groups -OCH3 is 1. The maximum absolute atomic E-state index is 12.8. The Bertz CT molecular complexity index is 431. The maximum Gasteiger partial charge on any atom is 0.248 e. The zero-order valence-electron chi connectivity index (χ0n) is 10.9. The topological polar surface area (TPSA) is 49.8 Å². The van der Waals surface area contributed by atoms with Crippen molar-refractivity contribution in [2.45, 2.75) is 25.0 Å². The van der Waals surface area contributed by atoms with Gasteiger partial charge in [0.1, 0.15) is 12.4 Å². The molecule has 1 saturated carbocycles. The monoisotopic (exact) mass is 267 g/mol. The molecule has 1 fully saturated rings. The third kappa shape index (κ3) is 3.75. The molecule has 0 saturated heterocycles. The summed E-state index contributed by atoms with van der Waals surface area (Å²) in [5, 5.41) is 10.1. The average molecular weight is 267 g/mol. The Balaban J connectivity index is 2.00. The number of halogens is 1. The zero-order chi connectivity index (χ0) is 13.8. The van der Waals surface area contributed by atoms with Crippen molar-refractivity contribution in [2.24, 2.45) is 0 Å². The lowest BCUT2D eigenvalue weighted by Crippen LogP contribution is -2.38. The van der Waals surface area contributed by atoms with E-state index in [1.807, 2.05) is 0 Å². The molecule has 4 nitrogen and oxygen atoms in total. The highest BCUT2D eigenvalue weighted by Gasteiger charge is 2.33. The van der Waals surface area contributed by atoms with E-state index in [2.05, 4.69) is 0 Å². The summed E-state index contributed by atoms with van der Waals surface area (Å²) in [4.78, 5) is 13.5. The zero-order valence-corrected chi connectivity index (χ0v) is 10.9. The second-order valence-electron chi connectivity index (χ2n) is 4.78. The van der Waals surface area contributed by atoms with Crippen LogP contribution in [0.15, 0.2) is 24.3 Å². The number of hydrogen-bond acceptors (Lipinski definition) is 3. The van der Waals surface area contributed by atoms with Gasteiger partial charge < -0.3 is 14.7 Å². The first kappa shape index (κ1) is 14.0. The molecule has 0 heterocycles. The Morgan fingerprint density at radius 3 is 2.63 bits per heavy atom. The van der Waals surface area contributed by atoms with Gasteiger partial charge in [-0.25, -0.2) is 4.39 Å². The van der Waals surface area contributed by atoms with E-state index in [4.69, 9.17) is 4.74 Å². The SMILES string of the molecule is COCC(=O)N(CC(O)c1ccc(F)cc1)C1CC1. The number of amides is 1. The van der Waals surface area contributed by atoms with Gasteiger partial charge in [0.15, 0.2) is 0 Å². The van der Waals surface area contributed by atoms with E-state index in [1.54, 1.807) is 4.90 Å². The summed E-state index contributed by atoms with van der Waals surface area (Å²) >= 11 is 0. The van der Waals surface area contributed by atoms with Crippen molar-refractivity contribution in [2.75, 3.05) is 20.3 Å². The van der Waals surface area contributed by atoms with Crippen LogP contribution in [0, 0.1) is 5.82 Å². The molecule has 0 radical (unpaired) electrons. The van der Waals surface area contributed by atoms with Crippen LogP contribution in [0.3, 0.4) is 0 Å². The fourth-order valence-electron chi connectivity index (χ4n) is 2.02. The molecule has 1 aromatic carbocycles. The molecule has 0 aromatic heterocycles. The second kappa shape index (κ2) is 6.12. The molecule has 104 valence electrons. The molecule has 0 aliphatic heterocycles. The number of hydrogen-bond donors (Lipinski definition) is 1. The Kier molecular flexibility index (Phi) is 4.50. The predicted octanol–water partition coefficient (Wildman–Crippen LogP) is 1.50. The van der Waals surface area contributed by atoms with Gasteiger partial charge in [-0.05, 0) is 30.5 Å². The van der Waals surface area contributed by atoms with Crippen LogP contribution >= 0.6 is 0 Å². The van der Waals surface area contributed by atoms with Crippen molar-refractivity contribution in [3.05, 3.63) is 35.6 Å². The fourth-order valence-corrected chi connectivity index (χ4v) is 2.02. The molecular formula is C14H18FNO3. The molecule has 0 spiro atoms. The van der Waals surface area contributed by atoms with Crippen molar-refractivity contribution < 1.29 is 19.0 Å². The summed E-state index contributed by atoms with van der Waals surface area (Å²) in [6, 6.07) is 5.88. The number of nitrogens with zero attached hydrogens (tertiary/aromatic N) is 1. The van der Waals surface area contributed by atoms with Crippen LogP contribution in [0.2, 0.25) is 0 Å². The van der Waals surface area contributed by atoms with Gasteiger partial charge >= 0.3 is 0 Å². The number of ether oxygens (including phenoxy) is 1. The van der Waals surface area contributed by atoms with Gasteiger partial charge in [-0.2, -0.15) is 0 Å². The van der Waals surface area contributed by atoms with Gasteiger partial charge in [-0.15, -0.1) is 0 Å². The van der Waals surface area contributed by atoms with Crippen LogP contribution in [0.5, 0.6) is 0 Å². The standard InChI is InChI=1S/C14H18FNO3/c1-19-9-14(18)16(12-6-7-12)8-13(17)10-2-4-11(15)5-3-10/h2-5,12-13,17H,6-9H2,1H3. The first-order valence-electron chi connectivity index (χ1n) is 6.33. The van der Waals surface area contributed by atoms with E-state index in [0.29, 0.717) is 5.56 Å². The van der Waals surface area contributed by atoms with Gasteiger partial charge in [0.05, 0.1) is 12.6 Å². The molecule has 1 atom stereocenters. The van der Waals surface area contributed by atoms with Gasteiger partial charge in [0.2, 0.25) is 5.91 Å². The molecule has 5 heteroatoms. The highest BCUT2D eigenvalue weighted by atomic mass is 19.1. The van der Waals surface area contributed by atoms with Gasteiger partial charge in [-0.1, -0.05) is 12.1 Å². The lowest BCUT2D eigenvalue weighted by atomic mass is 10.1. The maximum atomic E-state index is 12.8. The quantitative estimate of drug-likeness (QED) is 0.849. The van der Waals surface area contributed by atoms with Crippen LogP contribution < -0.4 is 0 Å². The number of aliphatic hydroxyl groups is 1. The summed E-state index contributed by atoms with van der Waals surface area (Å²) in [7, 11) is 1.47. The van der Waals surface area contributed by atoms with Crippen molar-refractivity contribution in [3.63, 3.8) is 0 Å². The Morgan fingerprint density at radius 1 is 1.47 bits per heavy atom. The Hall–Kier alpha value is -1.46. The van der Waals surface area contributed by atoms with E-state index in [9.17, 15) is 14.3 Å². The summed E-state index contributed by atoms with van der Waals surface area (Å²) in [5.74, 6) is -0.461. The van der Waals surface area contributed by atoms with E-state index in [1.165, 1.54) is 31.4 Å². The van der Waals surface area contributed by atoms with Crippen LogP contribution in [0.25, 0.3) is 0 Å². The number of aliphatic hydroxyl groups excluding tert-OH is 1. The van der Waals surface area contributed by atoms with Crippen LogP contribution in [-0.2, 0) is 9.53 Å². The predicted molar refractivity (Wildman–Crippen MR) is 68.0 cm³/mol. The minimum Gasteiger partial charge on any atom is -0.387 e. The molecule has 1 aliphatic carbocycles. The Morgan fingerprint density at radius 2 is 2.11 bits per heavy atom. The molecule has 1 amide bonds. The normalized spacial score (nSPS) is 16.2. The van der Waals surface area contributed by atoms with Crippen LogP contribution in [0.4, 0.5) is 4.39 Å². The number of carbonyl (C=O) groups excluding carboxylic acids is 1. The van der Waals surface area contributed by atoms with Gasteiger partial charge in [-0.3, -0.25) is 4.79 Å². The van der Waals surface area contributed by atoms with Crippen molar-refractivity contribution in [1.29, 1.82) is 0 Å². The largest absolute Gasteiger partial charge is 0.387 e. The first-order valence-corrected chi connectivity index (χ1v) is 6.33. The molecule has 1 unspecified atom stereocenters. The van der Waals surface area contributed by atoms with E-state index in [-0.39, 0.29) is 30.9 Å². The Labute approximate surface area is 111 Å². The van der Waals surface area contributed by atoms with Gasteiger partial charge in [0.25, 0.3) is 0 Å². The molecule has 2 rings (SSSR count). The highest BCUT2D eigenvalue weighted by Crippen LogP contribution is 2.29. The third-order valence-corrected chi connectivity index (χ3v) is 3.20. The fraction of sp³-hybridized carbons (Fsp3) is 0.500. The van der Waals surface area contributed by atoms with Crippen molar-refractivity contribution >= 4 is 5.91 Å². The average Bonchev–Trinajstić information content (AvgIpc) is 3.21. The van der Waals surface area contributed by atoms with Crippen molar-refractivity contribution in [1.82, 2.24) is 4.90 Å². The highest BCUT2D eigenvalue weighted by molar-refractivity contribution is 5.78. The van der Waals surface area contributed by atoms with E-state index >= 15 is 0 Å². The number of benzene rings is 1. The van der Waals surface area contributed by atoms with Crippen molar-refractivity contribution in [3.8, 4) is 0 Å². The van der Waals surface area contributed by atoms with Crippen LogP contribution in [-0.4, -0.2) is 42.2 Å². The molecule has 19 heavy (non-hydrogen) atoms. The molecule has 1 aliphatic rings. The second-order valence-corrected chi connectivity index (χ2v) is 4.78. The van der Waals surface area contributed by atoms with E-state index < -0.39 is 6.10 Å². The lowest BCUT2D eigenvalue weighted by molar-refractivity contribution is -0.137. The van der Waals surface area contributed by atoms with Gasteiger partial charge in [0, 0.05) is 13.2 Å². The summed E-state index contributed by atoms with van der Waals surface area (Å²) < 4.78 is 17.7. The number of rotatable bonds is 6. The minimum atomic E-state index is -0.804. The minimum absolute atomic E-state index is 0.0205. The molecule has 0 bridgehead atoms. The lowest BCUT2D eigenvalue weighted by Gasteiger charge is -2.25. The van der Waals surface area contributed by atoms with Crippen LogP contribution in [0.1, 0.15) is 24.5 Å². The molecule has 1 N–H and O–H groups in total. The molecular weight excluding hydrogens is 249 g/mol. The third-order valence-electron chi connectivity index (χ3n) is 3.20. The summed E-state index contributed by atoms with van der Waals surface area (Å²) in [6.07, 6.45) is 1.12. The number of carbonyl (C=O) groups is 1. The molecule has 1 aromatic rings. The smallest absolute Gasteiger partial charge is 0.248 e.